The van der Waals surface area contributed by atoms with Crippen LogP contribution < -0.4 is 20.7 Å². The number of amides is 5. The van der Waals surface area contributed by atoms with Crippen molar-refractivity contribution in [3.05, 3.63) is 29.8 Å². The van der Waals surface area contributed by atoms with E-state index in [-0.39, 0.29) is 35.8 Å². The van der Waals surface area contributed by atoms with E-state index < -0.39 is 23.7 Å². The highest BCUT2D eigenvalue weighted by atomic mass is 16.5. The van der Waals surface area contributed by atoms with Crippen molar-refractivity contribution >= 4 is 23.8 Å². The third-order valence-corrected chi connectivity index (χ3v) is 8.40. The summed E-state index contributed by atoms with van der Waals surface area (Å²) in [5, 5.41) is 8.99. The second-order valence-electron chi connectivity index (χ2n) is 11.5. The molecule has 5 amide bonds. The Morgan fingerprint density at radius 2 is 1.79 bits per heavy atom. The van der Waals surface area contributed by atoms with Crippen LogP contribution in [-0.4, -0.2) is 102 Å². The number of hydrogen-bond acceptors (Lipinski definition) is 6. The molecular weight excluding hydrogens is 500 g/mol. The van der Waals surface area contributed by atoms with Gasteiger partial charge in [-0.15, -0.1) is 0 Å². The van der Waals surface area contributed by atoms with Gasteiger partial charge in [0.2, 0.25) is 17.7 Å². The molecular formula is C28H42N6O5. The Morgan fingerprint density at radius 3 is 2.49 bits per heavy atom. The zero-order valence-corrected chi connectivity index (χ0v) is 23.8. The van der Waals surface area contributed by atoms with E-state index in [1.807, 2.05) is 24.3 Å². The Balaban J connectivity index is 1.63. The molecule has 214 valence electrons. The summed E-state index contributed by atoms with van der Waals surface area (Å²) in [6, 6.07) is 4.77. The van der Waals surface area contributed by atoms with Gasteiger partial charge in [0.25, 0.3) is 0 Å². The molecule has 0 spiro atoms. The van der Waals surface area contributed by atoms with Gasteiger partial charge in [0.1, 0.15) is 17.8 Å². The third-order valence-electron chi connectivity index (χ3n) is 8.40. The van der Waals surface area contributed by atoms with E-state index in [0.717, 1.165) is 11.3 Å². The fourth-order valence-corrected chi connectivity index (χ4v) is 5.91. The average Bonchev–Trinajstić information content (AvgIpc) is 3.34. The van der Waals surface area contributed by atoms with Crippen LogP contribution in [0.3, 0.4) is 0 Å². The van der Waals surface area contributed by atoms with Crippen molar-refractivity contribution in [1.29, 1.82) is 0 Å². The van der Waals surface area contributed by atoms with Crippen LogP contribution >= 0.6 is 0 Å². The minimum atomic E-state index is -1.05. The summed E-state index contributed by atoms with van der Waals surface area (Å²) in [5.41, 5.74) is -0.119. The van der Waals surface area contributed by atoms with Crippen molar-refractivity contribution in [3.8, 4) is 5.75 Å². The van der Waals surface area contributed by atoms with Crippen LogP contribution in [0, 0.1) is 0 Å². The summed E-state index contributed by atoms with van der Waals surface area (Å²) in [7, 11) is 5.02. The van der Waals surface area contributed by atoms with Crippen molar-refractivity contribution < 1.29 is 23.9 Å². The summed E-state index contributed by atoms with van der Waals surface area (Å²) >= 11 is 0. The van der Waals surface area contributed by atoms with Crippen LogP contribution in [0.25, 0.3) is 0 Å². The molecule has 3 N–H and O–H groups in total. The summed E-state index contributed by atoms with van der Waals surface area (Å²) < 4.78 is 5.75. The average molecular weight is 543 g/mol. The summed E-state index contributed by atoms with van der Waals surface area (Å²) in [6.07, 6.45) is 2.35. The number of benzene rings is 1. The van der Waals surface area contributed by atoms with E-state index in [4.69, 9.17) is 4.74 Å². The molecule has 5 atom stereocenters. The van der Waals surface area contributed by atoms with E-state index in [1.54, 1.807) is 51.7 Å². The first-order valence-corrected chi connectivity index (χ1v) is 13.8. The monoisotopic (exact) mass is 542 g/mol. The fraction of sp³-hybridized carbons (Fsp3) is 0.643. The second-order valence-corrected chi connectivity index (χ2v) is 11.5. The molecule has 0 aromatic heterocycles. The molecule has 11 heteroatoms. The smallest absolute Gasteiger partial charge is 0.320 e. The number of rotatable bonds is 5. The van der Waals surface area contributed by atoms with E-state index in [0.29, 0.717) is 38.8 Å². The van der Waals surface area contributed by atoms with Crippen LogP contribution in [0.4, 0.5) is 4.79 Å². The highest BCUT2D eigenvalue weighted by Gasteiger charge is 2.52. The van der Waals surface area contributed by atoms with Gasteiger partial charge in [-0.1, -0.05) is 18.2 Å². The first kappa shape index (κ1) is 28.7. The summed E-state index contributed by atoms with van der Waals surface area (Å²) in [5.74, 6) is -0.143. The number of para-hydroxylation sites is 1. The lowest BCUT2D eigenvalue weighted by Gasteiger charge is -2.49. The number of carbonyl (C=O) groups excluding carboxylic acids is 4. The van der Waals surface area contributed by atoms with E-state index >= 15 is 0 Å². The van der Waals surface area contributed by atoms with Crippen molar-refractivity contribution in [2.75, 3.05) is 34.3 Å². The van der Waals surface area contributed by atoms with Crippen LogP contribution in [0.1, 0.15) is 58.1 Å². The maximum Gasteiger partial charge on any atom is 0.320 e. The molecule has 11 nitrogen and oxygen atoms in total. The first-order chi connectivity index (χ1) is 18.5. The number of urea groups is 1. The Morgan fingerprint density at radius 1 is 1.08 bits per heavy atom. The SMILES string of the molecule is CN[C@@H](C)C(=O)N[C@@H]1C(=O)N2[C@H](CC[C@H]2C(=O)N[C@@H]2CCOc3ccccc32)CCN(C(=O)N(C)C)C1(C)C. The molecule has 0 unspecified atom stereocenters. The van der Waals surface area contributed by atoms with Crippen molar-refractivity contribution in [3.63, 3.8) is 0 Å². The number of likely N-dealkylation sites (N-methyl/N-ethyl adjacent to an activating group) is 1. The van der Waals surface area contributed by atoms with E-state index in [2.05, 4.69) is 16.0 Å². The molecule has 0 saturated carbocycles. The summed E-state index contributed by atoms with van der Waals surface area (Å²) in [6.45, 7) is 6.20. The Bertz CT molecular complexity index is 1110. The maximum atomic E-state index is 14.3. The lowest BCUT2D eigenvalue weighted by Crippen LogP contribution is -2.70. The molecule has 3 aliphatic heterocycles. The number of nitrogens with zero attached hydrogens (tertiary/aromatic N) is 3. The number of ether oxygens (including phenoxy) is 1. The molecule has 0 bridgehead atoms. The highest BCUT2D eigenvalue weighted by molar-refractivity contribution is 5.95. The Kier molecular flexibility index (Phi) is 8.39. The molecule has 4 rings (SSSR count). The van der Waals surface area contributed by atoms with Gasteiger partial charge < -0.3 is 35.4 Å². The number of fused-ring (bicyclic) bond motifs is 2. The van der Waals surface area contributed by atoms with E-state index in [1.165, 1.54) is 4.90 Å². The molecule has 2 saturated heterocycles. The number of carbonyl (C=O) groups is 4. The quantitative estimate of drug-likeness (QED) is 0.515. The van der Waals surface area contributed by atoms with Crippen molar-refractivity contribution in [1.82, 2.24) is 30.7 Å². The van der Waals surface area contributed by atoms with Gasteiger partial charge in [-0.05, 0) is 53.1 Å². The summed E-state index contributed by atoms with van der Waals surface area (Å²) in [4.78, 5) is 59.1. The van der Waals surface area contributed by atoms with Gasteiger partial charge in [-0.3, -0.25) is 14.4 Å². The molecule has 0 aliphatic carbocycles. The zero-order chi connectivity index (χ0) is 28.5. The standard InChI is InChI=1S/C28H42N6O5/c1-17(29-4)24(35)31-23-26(37)34-18(13-15-33(28(23,2)3)27(38)32(5)6)11-12-21(34)25(36)30-20-14-16-39-22-10-8-7-9-19(20)22/h7-10,17-18,20-21,23,29H,11-16H2,1-6H3,(H,30,36)(H,31,35)/t17-,18+,20+,21-,23+/m0/s1. The third kappa shape index (κ3) is 5.54. The van der Waals surface area contributed by atoms with Crippen LogP contribution in [0.5, 0.6) is 5.75 Å². The minimum absolute atomic E-state index is 0.206. The van der Waals surface area contributed by atoms with Crippen molar-refractivity contribution in [2.24, 2.45) is 0 Å². The molecule has 0 radical (unpaired) electrons. The molecule has 2 fully saturated rings. The Hall–Kier alpha value is -3.34. The largest absolute Gasteiger partial charge is 0.493 e. The van der Waals surface area contributed by atoms with Gasteiger partial charge >= 0.3 is 6.03 Å². The predicted molar refractivity (Wildman–Crippen MR) is 146 cm³/mol. The Labute approximate surface area is 230 Å². The molecule has 1 aromatic rings. The van der Waals surface area contributed by atoms with Crippen molar-refractivity contribution in [2.45, 2.75) is 82.2 Å². The van der Waals surface area contributed by atoms with Crippen LogP contribution in [0.15, 0.2) is 24.3 Å². The number of hydrogen-bond donors (Lipinski definition) is 3. The highest BCUT2D eigenvalue weighted by Crippen LogP contribution is 2.36. The molecule has 1 aromatic carbocycles. The van der Waals surface area contributed by atoms with Gasteiger partial charge in [-0.25, -0.2) is 4.79 Å². The lowest BCUT2D eigenvalue weighted by molar-refractivity contribution is -0.148. The van der Waals surface area contributed by atoms with Gasteiger partial charge in [-0.2, -0.15) is 0 Å². The van der Waals surface area contributed by atoms with Gasteiger partial charge in [0, 0.05) is 38.7 Å². The topological polar surface area (TPSA) is 123 Å². The minimum Gasteiger partial charge on any atom is -0.493 e. The second kappa shape index (κ2) is 11.4. The zero-order valence-electron chi connectivity index (χ0n) is 23.8. The normalized spacial score (nSPS) is 26.8. The van der Waals surface area contributed by atoms with Gasteiger partial charge in [0.15, 0.2) is 0 Å². The molecule has 39 heavy (non-hydrogen) atoms. The van der Waals surface area contributed by atoms with E-state index in [9.17, 15) is 19.2 Å². The van der Waals surface area contributed by atoms with Crippen LogP contribution in [0.2, 0.25) is 0 Å². The van der Waals surface area contributed by atoms with Gasteiger partial charge in [0.05, 0.1) is 24.2 Å². The maximum absolute atomic E-state index is 14.3. The fourth-order valence-electron chi connectivity index (χ4n) is 5.91. The molecule has 3 heterocycles. The lowest BCUT2D eigenvalue weighted by atomic mass is 9.88. The molecule has 3 aliphatic rings. The van der Waals surface area contributed by atoms with Crippen LogP contribution in [-0.2, 0) is 14.4 Å². The first-order valence-electron chi connectivity index (χ1n) is 13.8. The number of nitrogens with one attached hydrogen (secondary N) is 3. The predicted octanol–water partition coefficient (Wildman–Crippen LogP) is 1.24.